The van der Waals surface area contributed by atoms with E-state index >= 15 is 0 Å². The van der Waals surface area contributed by atoms with E-state index < -0.39 is 6.10 Å². The highest BCUT2D eigenvalue weighted by molar-refractivity contribution is 6.36. The Morgan fingerprint density at radius 1 is 1.39 bits per heavy atom. The van der Waals surface area contributed by atoms with Gasteiger partial charge in [0.2, 0.25) is 0 Å². The van der Waals surface area contributed by atoms with E-state index in [1.165, 1.54) is 12.8 Å². The molecule has 1 unspecified atom stereocenters. The number of hydrogen-bond donors (Lipinski definition) is 2. The maximum atomic E-state index is 9.73. The second-order valence-electron chi connectivity index (χ2n) is 4.64. The second kappa shape index (κ2) is 6.62. The van der Waals surface area contributed by atoms with E-state index in [2.05, 4.69) is 5.32 Å². The van der Waals surface area contributed by atoms with Gasteiger partial charge in [-0.15, -0.1) is 0 Å². The Morgan fingerprint density at radius 2 is 2.17 bits per heavy atom. The highest BCUT2D eigenvalue weighted by atomic mass is 35.5. The van der Waals surface area contributed by atoms with Gasteiger partial charge in [0.15, 0.2) is 0 Å². The van der Waals surface area contributed by atoms with E-state index in [-0.39, 0.29) is 0 Å². The van der Waals surface area contributed by atoms with Crippen LogP contribution in [0.15, 0.2) is 18.2 Å². The Hall–Kier alpha value is -0.480. The molecule has 1 aliphatic rings. The van der Waals surface area contributed by atoms with Crippen LogP contribution in [0.2, 0.25) is 10.0 Å². The van der Waals surface area contributed by atoms with Crippen LogP contribution in [0.4, 0.5) is 5.69 Å². The molecule has 1 fully saturated rings. The van der Waals surface area contributed by atoms with Crippen LogP contribution in [0.25, 0.3) is 0 Å². The minimum absolute atomic E-state index is 0.356. The molecule has 0 amide bonds. The fourth-order valence-electron chi connectivity index (χ4n) is 1.57. The van der Waals surface area contributed by atoms with Gasteiger partial charge in [-0.3, -0.25) is 0 Å². The van der Waals surface area contributed by atoms with Gasteiger partial charge in [0, 0.05) is 18.2 Å². The quantitative estimate of drug-likeness (QED) is 0.810. The lowest BCUT2D eigenvalue weighted by atomic mass is 10.3. The maximum absolute atomic E-state index is 9.73. The van der Waals surface area contributed by atoms with Crippen molar-refractivity contribution in [3.05, 3.63) is 28.2 Å². The van der Waals surface area contributed by atoms with E-state index in [9.17, 15) is 5.11 Å². The predicted molar refractivity (Wildman–Crippen MR) is 74.5 cm³/mol. The molecule has 1 saturated carbocycles. The molecule has 0 spiro atoms. The topological polar surface area (TPSA) is 41.5 Å². The third-order valence-electron chi connectivity index (χ3n) is 2.82. The van der Waals surface area contributed by atoms with Gasteiger partial charge >= 0.3 is 0 Å². The van der Waals surface area contributed by atoms with Gasteiger partial charge in [-0.2, -0.15) is 0 Å². The van der Waals surface area contributed by atoms with Crippen LogP contribution in [0.3, 0.4) is 0 Å². The lowest BCUT2D eigenvalue weighted by Gasteiger charge is -2.14. The van der Waals surface area contributed by atoms with Gasteiger partial charge in [-0.25, -0.2) is 0 Å². The van der Waals surface area contributed by atoms with Crippen molar-refractivity contribution < 1.29 is 9.84 Å². The van der Waals surface area contributed by atoms with Crippen LogP contribution in [0.5, 0.6) is 0 Å². The summed E-state index contributed by atoms with van der Waals surface area (Å²) < 4.78 is 5.41. The number of halogens is 2. The average Bonchev–Trinajstić information content (AvgIpc) is 3.12. The average molecular weight is 290 g/mol. The van der Waals surface area contributed by atoms with Gasteiger partial charge in [0.05, 0.1) is 23.4 Å². The molecule has 5 heteroatoms. The van der Waals surface area contributed by atoms with Gasteiger partial charge in [0.1, 0.15) is 0 Å². The van der Waals surface area contributed by atoms with Crippen molar-refractivity contribution >= 4 is 28.9 Å². The molecular weight excluding hydrogens is 273 g/mol. The Kier molecular flexibility index (Phi) is 5.13. The fraction of sp³-hybridized carbons (Fsp3) is 0.538. The first kappa shape index (κ1) is 13.9. The SMILES string of the molecule is OC(CNc1ccc(Cl)cc1Cl)COCC1CC1. The molecule has 0 aromatic heterocycles. The van der Waals surface area contributed by atoms with Crippen LogP contribution < -0.4 is 5.32 Å². The van der Waals surface area contributed by atoms with Crippen molar-refractivity contribution in [1.29, 1.82) is 0 Å². The summed E-state index contributed by atoms with van der Waals surface area (Å²) in [5.41, 5.74) is 0.766. The zero-order valence-corrected chi connectivity index (χ0v) is 11.5. The molecule has 1 aliphatic carbocycles. The summed E-state index contributed by atoms with van der Waals surface area (Å²) in [4.78, 5) is 0. The summed E-state index contributed by atoms with van der Waals surface area (Å²) in [5, 5.41) is 14.0. The molecule has 0 heterocycles. The highest BCUT2D eigenvalue weighted by Gasteiger charge is 2.21. The molecular formula is C13H17Cl2NO2. The summed E-state index contributed by atoms with van der Waals surface area (Å²) >= 11 is 11.8. The summed E-state index contributed by atoms with van der Waals surface area (Å²) in [5.74, 6) is 0.718. The van der Waals surface area contributed by atoms with Crippen molar-refractivity contribution in [2.75, 3.05) is 25.1 Å². The summed E-state index contributed by atoms with van der Waals surface area (Å²) in [7, 11) is 0. The van der Waals surface area contributed by atoms with Gasteiger partial charge in [0.25, 0.3) is 0 Å². The van der Waals surface area contributed by atoms with E-state index in [1.807, 2.05) is 0 Å². The van der Waals surface area contributed by atoms with Crippen LogP contribution in [0.1, 0.15) is 12.8 Å². The lowest BCUT2D eigenvalue weighted by molar-refractivity contribution is 0.0386. The molecule has 1 aromatic rings. The standard InChI is InChI=1S/C13H17Cl2NO2/c14-10-3-4-13(12(15)5-10)16-6-11(17)8-18-7-9-1-2-9/h3-5,9,11,16-17H,1-2,6-8H2. The number of aliphatic hydroxyl groups excluding tert-OH is 1. The van der Waals surface area contributed by atoms with E-state index in [1.54, 1.807) is 18.2 Å². The molecule has 2 N–H and O–H groups in total. The molecule has 18 heavy (non-hydrogen) atoms. The van der Waals surface area contributed by atoms with Crippen molar-refractivity contribution in [1.82, 2.24) is 0 Å². The molecule has 3 nitrogen and oxygen atoms in total. The first-order valence-corrected chi connectivity index (χ1v) is 6.85. The van der Waals surface area contributed by atoms with E-state index in [0.717, 1.165) is 18.2 Å². The lowest BCUT2D eigenvalue weighted by Crippen LogP contribution is -2.25. The molecule has 2 rings (SSSR count). The maximum Gasteiger partial charge on any atom is 0.0945 e. The molecule has 0 saturated heterocycles. The van der Waals surface area contributed by atoms with Crippen LogP contribution in [-0.2, 0) is 4.74 Å². The fourth-order valence-corrected chi connectivity index (χ4v) is 2.05. The van der Waals surface area contributed by atoms with Crippen molar-refractivity contribution in [2.24, 2.45) is 5.92 Å². The summed E-state index contributed by atoms with van der Waals surface area (Å²) in [6.45, 7) is 1.53. The third kappa shape index (κ3) is 4.65. The normalized spacial score (nSPS) is 16.6. The first-order valence-electron chi connectivity index (χ1n) is 6.10. The smallest absolute Gasteiger partial charge is 0.0945 e. The monoisotopic (exact) mass is 289 g/mol. The zero-order valence-electron chi connectivity index (χ0n) is 10.0. The molecule has 0 radical (unpaired) electrons. The number of benzene rings is 1. The zero-order chi connectivity index (χ0) is 13.0. The minimum Gasteiger partial charge on any atom is -0.389 e. The van der Waals surface area contributed by atoms with Crippen LogP contribution >= 0.6 is 23.2 Å². The number of nitrogens with one attached hydrogen (secondary N) is 1. The number of hydrogen-bond acceptors (Lipinski definition) is 3. The Morgan fingerprint density at radius 3 is 2.83 bits per heavy atom. The number of rotatable bonds is 7. The van der Waals surface area contributed by atoms with Gasteiger partial charge in [-0.1, -0.05) is 23.2 Å². The largest absolute Gasteiger partial charge is 0.389 e. The van der Waals surface area contributed by atoms with Gasteiger partial charge < -0.3 is 15.2 Å². The Balaban J connectivity index is 1.68. The number of anilines is 1. The van der Waals surface area contributed by atoms with Crippen molar-refractivity contribution in [2.45, 2.75) is 18.9 Å². The molecule has 0 aliphatic heterocycles. The van der Waals surface area contributed by atoms with Crippen LogP contribution in [0, 0.1) is 5.92 Å². The predicted octanol–water partition coefficient (Wildman–Crippen LogP) is 3.19. The first-order chi connectivity index (χ1) is 8.65. The van der Waals surface area contributed by atoms with Crippen molar-refractivity contribution in [3.63, 3.8) is 0 Å². The van der Waals surface area contributed by atoms with Crippen molar-refractivity contribution in [3.8, 4) is 0 Å². The summed E-state index contributed by atoms with van der Waals surface area (Å²) in [6.07, 6.45) is 1.99. The molecule has 0 bridgehead atoms. The third-order valence-corrected chi connectivity index (χ3v) is 3.37. The highest BCUT2D eigenvalue weighted by Crippen LogP contribution is 2.28. The Labute approximate surface area is 117 Å². The summed E-state index contributed by atoms with van der Waals surface area (Å²) in [6, 6.07) is 5.22. The minimum atomic E-state index is -0.532. The molecule has 100 valence electrons. The van der Waals surface area contributed by atoms with E-state index in [0.29, 0.717) is 23.2 Å². The van der Waals surface area contributed by atoms with E-state index in [4.69, 9.17) is 27.9 Å². The van der Waals surface area contributed by atoms with Crippen LogP contribution in [-0.4, -0.2) is 31.0 Å². The Bertz CT molecular complexity index is 397. The second-order valence-corrected chi connectivity index (χ2v) is 5.48. The molecule has 1 atom stereocenters. The van der Waals surface area contributed by atoms with Gasteiger partial charge in [-0.05, 0) is 37.0 Å². The number of aliphatic hydroxyl groups is 1. The number of ether oxygens (including phenoxy) is 1. The molecule has 1 aromatic carbocycles.